The van der Waals surface area contributed by atoms with E-state index < -0.39 is 59.2 Å². The van der Waals surface area contributed by atoms with Gasteiger partial charge in [0.1, 0.15) is 12.2 Å². The van der Waals surface area contributed by atoms with E-state index in [1.807, 2.05) is 27.7 Å². The van der Waals surface area contributed by atoms with Gasteiger partial charge in [-0.2, -0.15) is 0 Å². The minimum absolute atomic E-state index is 0.368. The lowest BCUT2D eigenvalue weighted by Gasteiger charge is -2.59. The predicted octanol–water partition coefficient (Wildman–Crippen LogP) is 2.28. The van der Waals surface area contributed by atoms with Crippen molar-refractivity contribution in [2.45, 2.75) is 91.3 Å². The number of carbonyl (C=O) groups excluding carboxylic acids is 2. The predicted molar refractivity (Wildman–Crippen MR) is 114 cm³/mol. The fourth-order valence-electron chi connectivity index (χ4n) is 6.48. The molecule has 0 aliphatic heterocycles. The van der Waals surface area contributed by atoms with Crippen LogP contribution in [0.25, 0.3) is 0 Å². The molecule has 0 spiro atoms. The Kier molecular flexibility index (Phi) is 6.19. The van der Waals surface area contributed by atoms with E-state index in [-0.39, 0.29) is 5.92 Å². The molecule has 0 radical (unpaired) electrons. The molecule has 2 fully saturated rings. The SMILES string of the molecule is C=C1C(O)CCC2(C)C(O)C(OC(C)=O)C3=C(C)C(OC(C)=O)CC(C(O)C12)C3(C)C. The van der Waals surface area contributed by atoms with E-state index in [4.69, 9.17) is 9.47 Å². The van der Waals surface area contributed by atoms with Gasteiger partial charge in [0.25, 0.3) is 0 Å². The van der Waals surface area contributed by atoms with E-state index in [0.29, 0.717) is 30.4 Å². The summed E-state index contributed by atoms with van der Waals surface area (Å²) in [5, 5.41) is 33.9. The maximum absolute atomic E-state index is 12.1. The Morgan fingerprint density at radius 1 is 1.06 bits per heavy atom. The number of ether oxygens (including phenoxy) is 2. The molecule has 0 saturated heterocycles. The van der Waals surface area contributed by atoms with Crippen LogP contribution in [0.3, 0.4) is 0 Å². The third-order valence-corrected chi connectivity index (χ3v) is 8.09. The van der Waals surface area contributed by atoms with Gasteiger partial charge in [-0.25, -0.2) is 0 Å². The molecular weight excluding hydrogens is 400 g/mol. The highest BCUT2D eigenvalue weighted by atomic mass is 16.6. The normalized spacial score (nSPS) is 42.2. The van der Waals surface area contributed by atoms with Crippen LogP contribution in [-0.4, -0.2) is 57.8 Å². The second-order valence-corrected chi connectivity index (χ2v) is 10.3. The zero-order valence-corrected chi connectivity index (χ0v) is 19.3. The van der Waals surface area contributed by atoms with Crippen LogP contribution in [0.2, 0.25) is 0 Å². The van der Waals surface area contributed by atoms with Gasteiger partial charge in [-0.3, -0.25) is 9.59 Å². The monoisotopic (exact) mass is 436 g/mol. The van der Waals surface area contributed by atoms with Crippen molar-refractivity contribution in [2.24, 2.45) is 22.7 Å². The van der Waals surface area contributed by atoms with E-state index in [2.05, 4.69) is 6.58 Å². The summed E-state index contributed by atoms with van der Waals surface area (Å²) in [5.74, 6) is -1.94. The van der Waals surface area contributed by atoms with Crippen LogP contribution in [0, 0.1) is 22.7 Å². The van der Waals surface area contributed by atoms with Crippen molar-refractivity contribution in [3.8, 4) is 0 Å². The maximum Gasteiger partial charge on any atom is 0.303 e. The van der Waals surface area contributed by atoms with Crippen molar-refractivity contribution < 1.29 is 34.4 Å². The van der Waals surface area contributed by atoms with Crippen molar-refractivity contribution in [3.63, 3.8) is 0 Å². The van der Waals surface area contributed by atoms with Gasteiger partial charge in [-0.1, -0.05) is 27.4 Å². The van der Waals surface area contributed by atoms with Crippen LogP contribution >= 0.6 is 0 Å². The van der Waals surface area contributed by atoms with Gasteiger partial charge in [-0.15, -0.1) is 0 Å². The lowest BCUT2D eigenvalue weighted by atomic mass is 9.49. The van der Waals surface area contributed by atoms with Gasteiger partial charge >= 0.3 is 11.9 Å². The molecule has 3 aliphatic rings. The smallest absolute Gasteiger partial charge is 0.303 e. The number of rotatable bonds is 2. The summed E-state index contributed by atoms with van der Waals surface area (Å²) in [5.41, 5.74) is 0.394. The average molecular weight is 437 g/mol. The van der Waals surface area contributed by atoms with Crippen molar-refractivity contribution >= 4 is 11.9 Å². The third-order valence-electron chi connectivity index (χ3n) is 8.09. The highest BCUT2D eigenvalue weighted by Gasteiger charge is 2.61. The highest BCUT2D eigenvalue weighted by Crippen LogP contribution is 2.59. The summed E-state index contributed by atoms with van der Waals surface area (Å²) in [6.45, 7) is 14.3. The molecule has 2 bridgehead atoms. The molecule has 31 heavy (non-hydrogen) atoms. The number of carbonyl (C=O) groups is 2. The Morgan fingerprint density at radius 3 is 2.19 bits per heavy atom. The fraction of sp³-hybridized carbons (Fsp3) is 0.750. The first-order chi connectivity index (χ1) is 14.2. The summed E-state index contributed by atoms with van der Waals surface area (Å²) in [6, 6.07) is 0. The van der Waals surface area contributed by atoms with E-state index >= 15 is 0 Å². The molecule has 0 aromatic rings. The Labute approximate surface area is 184 Å². The summed E-state index contributed by atoms with van der Waals surface area (Å²) >= 11 is 0. The quantitative estimate of drug-likeness (QED) is 0.450. The van der Waals surface area contributed by atoms with Crippen LogP contribution in [0.4, 0.5) is 0 Å². The van der Waals surface area contributed by atoms with Crippen LogP contribution in [0.15, 0.2) is 23.3 Å². The van der Waals surface area contributed by atoms with Gasteiger partial charge in [-0.05, 0) is 54.2 Å². The van der Waals surface area contributed by atoms with Crippen molar-refractivity contribution in [1.82, 2.24) is 0 Å². The molecule has 0 aromatic carbocycles. The Hall–Kier alpha value is -1.70. The van der Waals surface area contributed by atoms with E-state index in [1.54, 1.807) is 0 Å². The minimum Gasteiger partial charge on any atom is -0.458 e. The number of fused-ring (bicyclic) bond motifs is 3. The number of esters is 2. The molecule has 7 heteroatoms. The van der Waals surface area contributed by atoms with E-state index in [0.717, 1.165) is 5.57 Å². The third kappa shape index (κ3) is 3.74. The van der Waals surface area contributed by atoms with Gasteiger partial charge in [0.05, 0.1) is 12.2 Å². The van der Waals surface area contributed by atoms with Crippen molar-refractivity contribution in [1.29, 1.82) is 0 Å². The van der Waals surface area contributed by atoms with Gasteiger partial charge in [0.2, 0.25) is 0 Å². The molecular formula is C24H36O7. The zero-order valence-electron chi connectivity index (χ0n) is 19.3. The molecule has 8 unspecified atom stereocenters. The Balaban J connectivity index is 2.28. The molecule has 7 nitrogen and oxygen atoms in total. The molecule has 3 rings (SSSR count). The molecule has 0 heterocycles. The largest absolute Gasteiger partial charge is 0.458 e. The fourth-order valence-corrected chi connectivity index (χ4v) is 6.48. The molecule has 0 aromatic heterocycles. The number of aliphatic hydroxyl groups is 3. The zero-order chi connectivity index (χ0) is 23.5. The second-order valence-electron chi connectivity index (χ2n) is 10.3. The first-order valence-corrected chi connectivity index (χ1v) is 11.0. The number of hydrogen-bond donors (Lipinski definition) is 3. The van der Waals surface area contributed by atoms with Gasteiger partial charge in [0, 0.05) is 25.2 Å². The standard InChI is InChI=1S/C24H36O7/c1-11-16(27)8-9-24(7)18(11)20(28)15-10-17(30-13(3)25)12(2)19(23(15,5)6)21(22(24)29)31-14(4)26/h15-18,20-22,27-29H,1,8-10H2,2-7H3. The lowest BCUT2D eigenvalue weighted by Crippen LogP contribution is -2.62. The maximum atomic E-state index is 12.1. The summed E-state index contributed by atoms with van der Waals surface area (Å²) < 4.78 is 11.3. The van der Waals surface area contributed by atoms with Crippen LogP contribution in [-0.2, 0) is 19.1 Å². The second kappa shape index (κ2) is 8.01. The molecule has 3 aliphatic carbocycles. The summed E-state index contributed by atoms with van der Waals surface area (Å²) in [4.78, 5) is 23.9. The lowest BCUT2D eigenvalue weighted by molar-refractivity contribution is -0.180. The average Bonchev–Trinajstić information content (AvgIpc) is 2.64. The van der Waals surface area contributed by atoms with E-state index in [9.17, 15) is 24.9 Å². The van der Waals surface area contributed by atoms with Gasteiger partial charge in [0.15, 0.2) is 6.10 Å². The highest BCUT2D eigenvalue weighted by molar-refractivity contribution is 5.67. The summed E-state index contributed by atoms with van der Waals surface area (Å²) in [6.07, 6.45) is -3.17. The molecule has 174 valence electrons. The molecule has 3 N–H and O–H groups in total. The Morgan fingerprint density at radius 2 is 1.65 bits per heavy atom. The molecule has 0 amide bonds. The van der Waals surface area contributed by atoms with Crippen molar-refractivity contribution in [2.75, 3.05) is 0 Å². The van der Waals surface area contributed by atoms with Crippen LogP contribution in [0.5, 0.6) is 0 Å². The van der Waals surface area contributed by atoms with Crippen LogP contribution in [0.1, 0.15) is 60.8 Å². The summed E-state index contributed by atoms with van der Waals surface area (Å²) in [7, 11) is 0. The first kappa shape index (κ1) is 24.0. The minimum atomic E-state index is -1.14. The number of hydrogen-bond acceptors (Lipinski definition) is 7. The molecule has 2 saturated carbocycles. The van der Waals surface area contributed by atoms with Gasteiger partial charge < -0.3 is 24.8 Å². The van der Waals surface area contributed by atoms with Crippen LogP contribution < -0.4 is 0 Å². The van der Waals surface area contributed by atoms with Crippen molar-refractivity contribution in [3.05, 3.63) is 23.3 Å². The van der Waals surface area contributed by atoms with E-state index in [1.165, 1.54) is 13.8 Å². The Bertz CT molecular complexity index is 813. The topological polar surface area (TPSA) is 113 Å². The first-order valence-electron chi connectivity index (χ1n) is 11.0. The number of aliphatic hydroxyl groups excluding tert-OH is 3. The molecule has 8 atom stereocenters.